The van der Waals surface area contributed by atoms with Gasteiger partial charge in [-0.15, -0.1) is 0 Å². The number of piperidine rings is 1. The molecule has 0 saturated carbocycles. The summed E-state index contributed by atoms with van der Waals surface area (Å²) >= 11 is 1.42. The lowest BCUT2D eigenvalue weighted by atomic mass is 9.94. The average Bonchev–Trinajstić information content (AvgIpc) is 3.26. The first-order chi connectivity index (χ1) is 14.2. The van der Waals surface area contributed by atoms with Crippen molar-refractivity contribution in [2.75, 3.05) is 18.4 Å². The molecule has 0 spiro atoms. The number of amides is 1. The molecular formula is C21H28N6O2S. The molecule has 1 aliphatic rings. The monoisotopic (exact) mass is 428 g/mol. The molecule has 0 aliphatic carbocycles. The van der Waals surface area contributed by atoms with Crippen LogP contribution < -0.4 is 5.32 Å². The van der Waals surface area contributed by atoms with E-state index in [-0.39, 0.29) is 12.0 Å². The zero-order valence-corrected chi connectivity index (χ0v) is 18.9. The van der Waals surface area contributed by atoms with Crippen molar-refractivity contribution in [3.05, 3.63) is 35.3 Å². The highest BCUT2D eigenvalue weighted by Gasteiger charge is 2.29. The van der Waals surface area contributed by atoms with Gasteiger partial charge < -0.3 is 15.0 Å². The number of hydrogen-bond donors (Lipinski definition) is 1. The second-order valence-corrected chi connectivity index (χ2v) is 9.66. The molecule has 30 heavy (non-hydrogen) atoms. The van der Waals surface area contributed by atoms with Crippen LogP contribution in [0, 0.1) is 13.8 Å². The van der Waals surface area contributed by atoms with Crippen molar-refractivity contribution >= 4 is 34.1 Å². The molecule has 8 nitrogen and oxygen atoms in total. The van der Waals surface area contributed by atoms with Crippen molar-refractivity contribution < 1.29 is 9.53 Å². The largest absolute Gasteiger partial charge is 0.444 e. The van der Waals surface area contributed by atoms with Crippen molar-refractivity contribution in [1.82, 2.24) is 23.9 Å². The summed E-state index contributed by atoms with van der Waals surface area (Å²) in [6.07, 6.45) is 3.47. The molecular weight excluding hydrogens is 400 g/mol. The molecule has 0 bridgehead atoms. The lowest BCUT2D eigenvalue weighted by Gasteiger charge is -2.34. The quantitative estimate of drug-likeness (QED) is 0.653. The fraction of sp³-hybridized carbons (Fsp3) is 0.524. The summed E-state index contributed by atoms with van der Waals surface area (Å²) in [6.45, 7) is 11.0. The molecule has 3 aromatic heterocycles. The predicted molar refractivity (Wildman–Crippen MR) is 118 cm³/mol. The third-order valence-corrected chi connectivity index (χ3v) is 5.83. The van der Waals surface area contributed by atoms with E-state index in [2.05, 4.69) is 14.8 Å². The number of carbonyl (C=O) groups is 1. The number of fused-ring (bicyclic) bond motifs is 1. The zero-order chi connectivity index (χ0) is 21.5. The number of nitrogens with zero attached hydrogens (tertiary/aromatic N) is 5. The first-order valence-corrected chi connectivity index (χ1v) is 11.0. The van der Waals surface area contributed by atoms with Gasteiger partial charge in [0.15, 0.2) is 5.65 Å². The van der Waals surface area contributed by atoms with Crippen LogP contribution in [0.2, 0.25) is 0 Å². The Morgan fingerprint density at radius 2 is 2.10 bits per heavy atom. The normalized spacial score (nSPS) is 17.4. The fourth-order valence-electron chi connectivity index (χ4n) is 3.65. The highest BCUT2D eigenvalue weighted by Crippen LogP contribution is 2.31. The van der Waals surface area contributed by atoms with E-state index in [0.29, 0.717) is 13.1 Å². The molecule has 9 heteroatoms. The van der Waals surface area contributed by atoms with Crippen LogP contribution in [0.25, 0.3) is 5.65 Å². The van der Waals surface area contributed by atoms with Gasteiger partial charge in [0.2, 0.25) is 0 Å². The Labute approximate surface area is 180 Å². The van der Waals surface area contributed by atoms with Gasteiger partial charge in [-0.25, -0.2) is 9.78 Å². The zero-order valence-electron chi connectivity index (χ0n) is 18.1. The van der Waals surface area contributed by atoms with Crippen LogP contribution in [0.4, 0.5) is 15.6 Å². The maximum Gasteiger partial charge on any atom is 0.410 e. The van der Waals surface area contributed by atoms with Crippen molar-refractivity contribution in [2.24, 2.45) is 0 Å². The molecule has 1 fully saturated rings. The second-order valence-electron chi connectivity index (χ2n) is 8.85. The minimum Gasteiger partial charge on any atom is -0.444 e. The summed E-state index contributed by atoms with van der Waals surface area (Å²) in [5, 5.41) is 8.88. The van der Waals surface area contributed by atoms with Crippen molar-refractivity contribution in [2.45, 2.75) is 59.0 Å². The number of carbonyl (C=O) groups excluding carboxylic acids is 1. The van der Waals surface area contributed by atoms with Crippen LogP contribution in [0.5, 0.6) is 0 Å². The molecule has 0 radical (unpaired) electrons. The first-order valence-electron chi connectivity index (χ1n) is 10.2. The predicted octanol–water partition coefficient (Wildman–Crippen LogP) is 4.66. The third kappa shape index (κ3) is 4.40. The minimum absolute atomic E-state index is 0.148. The summed E-state index contributed by atoms with van der Waals surface area (Å²) in [5.41, 5.74) is 3.28. The smallest absolute Gasteiger partial charge is 0.410 e. The van der Waals surface area contributed by atoms with Crippen molar-refractivity contribution in [3.63, 3.8) is 0 Å². The van der Waals surface area contributed by atoms with Gasteiger partial charge >= 0.3 is 6.09 Å². The van der Waals surface area contributed by atoms with Crippen molar-refractivity contribution in [3.8, 4) is 0 Å². The van der Waals surface area contributed by atoms with Gasteiger partial charge in [-0.3, -0.25) is 0 Å². The van der Waals surface area contributed by atoms with E-state index in [0.717, 1.165) is 46.3 Å². The molecule has 4 heterocycles. The van der Waals surface area contributed by atoms with Gasteiger partial charge in [0.05, 0.1) is 17.6 Å². The summed E-state index contributed by atoms with van der Waals surface area (Å²) in [4.78, 5) is 19.3. The second kappa shape index (κ2) is 7.86. The number of rotatable bonds is 3. The molecule has 160 valence electrons. The van der Waals surface area contributed by atoms with E-state index in [9.17, 15) is 4.79 Å². The Morgan fingerprint density at radius 1 is 1.30 bits per heavy atom. The Bertz CT molecular complexity index is 1070. The molecule has 1 atom stereocenters. The Kier molecular flexibility index (Phi) is 5.40. The first kappa shape index (κ1) is 20.6. The molecule has 4 rings (SSSR count). The van der Waals surface area contributed by atoms with E-state index in [1.807, 2.05) is 57.5 Å². The molecule has 1 amide bonds. The highest BCUT2D eigenvalue weighted by molar-refractivity contribution is 7.10. The number of likely N-dealkylation sites (tertiary alicyclic amines) is 1. The number of aryl methyl sites for hydroxylation is 2. The van der Waals surface area contributed by atoms with Crippen molar-refractivity contribution in [1.29, 1.82) is 0 Å². The molecule has 3 aromatic rings. The molecule has 1 saturated heterocycles. The Hall–Kier alpha value is -2.68. The van der Waals surface area contributed by atoms with Gasteiger partial charge in [-0.05, 0) is 65.1 Å². The van der Waals surface area contributed by atoms with E-state index in [4.69, 9.17) is 9.72 Å². The number of hydrogen-bond acceptors (Lipinski definition) is 7. The number of ether oxygens (including phenoxy) is 1. The third-order valence-electron chi connectivity index (χ3n) is 5.04. The van der Waals surface area contributed by atoms with E-state index in [1.54, 1.807) is 4.90 Å². The van der Waals surface area contributed by atoms with Crippen LogP contribution in [0.15, 0.2) is 18.3 Å². The molecule has 0 aromatic carbocycles. The SMILES string of the molecule is Cc1cc(Nc2cc(C3CCCN(C(=O)OC(C)(C)C)C3)nc3c(C)cnn23)sn1. The topological polar surface area (TPSA) is 84.7 Å². The summed E-state index contributed by atoms with van der Waals surface area (Å²) in [5.74, 6) is 0.996. The molecule has 1 aliphatic heterocycles. The fourth-order valence-corrected chi connectivity index (χ4v) is 4.32. The highest BCUT2D eigenvalue weighted by atomic mass is 32.1. The van der Waals surface area contributed by atoms with Crippen LogP contribution in [-0.2, 0) is 4.74 Å². The maximum absolute atomic E-state index is 12.6. The average molecular weight is 429 g/mol. The van der Waals surface area contributed by atoms with Crippen LogP contribution in [-0.4, -0.2) is 48.7 Å². The molecule has 1 unspecified atom stereocenters. The number of anilines is 2. The van der Waals surface area contributed by atoms with E-state index in [1.165, 1.54) is 11.5 Å². The van der Waals surface area contributed by atoms with Gasteiger partial charge in [-0.2, -0.15) is 14.0 Å². The lowest BCUT2D eigenvalue weighted by molar-refractivity contribution is 0.0197. The van der Waals surface area contributed by atoms with Gasteiger partial charge in [0.1, 0.15) is 16.4 Å². The standard InChI is InChI=1S/C21H28N6O2S/c1-13-11-22-27-17(24-18-9-14(2)25-30-18)10-16(23-19(13)27)15-7-6-8-26(12-15)20(28)29-21(3,4)5/h9-11,15,24H,6-8,12H2,1-5H3. The maximum atomic E-state index is 12.6. The molecule has 1 N–H and O–H groups in total. The summed E-state index contributed by atoms with van der Waals surface area (Å²) in [6, 6.07) is 4.05. The van der Waals surface area contributed by atoms with Gasteiger partial charge in [-0.1, -0.05) is 0 Å². The summed E-state index contributed by atoms with van der Waals surface area (Å²) < 4.78 is 11.7. The minimum atomic E-state index is -0.500. The van der Waals surface area contributed by atoms with Crippen LogP contribution >= 0.6 is 11.5 Å². The Morgan fingerprint density at radius 3 is 2.80 bits per heavy atom. The summed E-state index contributed by atoms with van der Waals surface area (Å²) in [7, 11) is 0. The van der Waals surface area contributed by atoms with Crippen LogP contribution in [0.3, 0.4) is 0 Å². The van der Waals surface area contributed by atoms with E-state index >= 15 is 0 Å². The lowest BCUT2D eigenvalue weighted by Crippen LogP contribution is -2.42. The Balaban J connectivity index is 1.63. The van der Waals surface area contributed by atoms with Gasteiger partial charge in [0.25, 0.3) is 0 Å². The number of aromatic nitrogens is 4. The van der Waals surface area contributed by atoms with E-state index < -0.39 is 5.60 Å². The van der Waals surface area contributed by atoms with Crippen LogP contribution in [0.1, 0.15) is 56.5 Å². The number of nitrogens with one attached hydrogen (secondary N) is 1. The van der Waals surface area contributed by atoms with Gasteiger partial charge in [0, 0.05) is 30.6 Å².